The number of sulfonamides is 1. The van der Waals surface area contributed by atoms with Crippen LogP contribution in [0.1, 0.15) is 44.1 Å². The average Bonchev–Trinajstić information content (AvgIpc) is 2.71. The zero-order chi connectivity index (χ0) is 20.9. The number of carbonyl (C=O) groups excluding carboxylic acids is 1. The van der Waals surface area contributed by atoms with Crippen molar-refractivity contribution in [2.75, 3.05) is 32.7 Å². The van der Waals surface area contributed by atoms with Crippen LogP contribution in [0, 0.1) is 30.1 Å². The van der Waals surface area contributed by atoms with Crippen molar-refractivity contribution in [2.45, 2.75) is 50.3 Å². The van der Waals surface area contributed by atoms with E-state index >= 15 is 0 Å². The third-order valence-corrected chi connectivity index (χ3v) is 9.88. The van der Waals surface area contributed by atoms with E-state index in [4.69, 9.17) is 0 Å². The molecule has 0 radical (unpaired) electrons. The summed E-state index contributed by atoms with van der Waals surface area (Å²) in [6.45, 7) is 4.31. The monoisotopic (exact) mass is 431 g/mol. The van der Waals surface area contributed by atoms with E-state index in [0.29, 0.717) is 36.5 Å². The number of piperazine rings is 1. The number of amides is 2. The van der Waals surface area contributed by atoms with Crippen LogP contribution in [0.4, 0.5) is 4.79 Å². The molecule has 0 atom stereocenters. The Labute approximate surface area is 180 Å². The number of carbonyl (C=O) groups is 1. The van der Waals surface area contributed by atoms with Gasteiger partial charge in [0.1, 0.15) is 0 Å². The van der Waals surface area contributed by atoms with Gasteiger partial charge in [-0.05, 0) is 80.8 Å². The maximum atomic E-state index is 12.9. The van der Waals surface area contributed by atoms with Gasteiger partial charge < -0.3 is 10.2 Å². The number of hydrogen-bond donors (Lipinski definition) is 1. The van der Waals surface area contributed by atoms with Crippen LogP contribution < -0.4 is 5.32 Å². The Hall–Kier alpha value is -1.60. The largest absolute Gasteiger partial charge is 0.337 e. The molecule has 164 valence electrons. The highest BCUT2D eigenvalue weighted by Crippen LogP contribution is 2.59. The first-order chi connectivity index (χ1) is 14.3. The summed E-state index contributed by atoms with van der Waals surface area (Å²) in [4.78, 5) is 14.9. The maximum Gasteiger partial charge on any atom is 0.317 e. The van der Waals surface area contributed by atoms with E-state index < -0.39 is 10.0 Å². The first kappa shape index (κ1) is 20.3. The number of nitrogens with zero attached hydrogens (tertiary/aromatic N) is 2. The molecule has 2 amide bonds. The SMILES string of the molecule is Cc1ccc(S(=O)(=O)N2CCN(C(=O)NCC34CC5CC(CC(C5)C3)C4)CC2)cc1. The molecule has 4 aliphatic carbocycles. The molecular formula is C23H33N3O3S. The third-order valence-electron chi connectivity index (χ3n) is 7.96. The van der Waals surface area contributed by atoms with Gasteiger partial charge in [-0.3, -0.25) is 0 Å². The van der Waals surface area contributed by atoms with Gasteiger partial charge in [-0.2, -0.15) is 4.31 Å². The van der Waals surface area contributed by atoms with Gasteiger partial charge in [0.25, 0.3) is 0 Å². The quantitative estimate of drug-likeness (QED) is 0.796. The molecule has 7 heteroatoms. The Kier molecular flexibility index (Phi) is 5.09. The molecule has 1 aromatic rings. The van der Waals surface area contributed by atoms with Crippen molar-refractivity contribution in [3.8, 4) is 0 Å². The van der Waals surface area contributed by atoms with E-state index in [1.165, 1.54) is 42.8 Å². The molecule has 4 bridgehead atoms. The van der Waals surface area contributed by atoms with Gasteiger partial charge in [-0.25, -0.2) is 13.2 Å². The predicted octanol–water partition coefficient (Wildman–Crippen LogP) is 3.23. The van der Waals surface area contributed by atoms with Gasteiger partial charge in [0.05, 0.1) is 4.90 Å². The predicted molar refractivity (Wildman–Crippen MR) is 116 cm³/mol. The highest BCUT2D eigenvalue weighted by molar-refractivity contribution is 7.89. The molecule has 0 spiro atoms. The summed E-state index contributed by atoms with van der Waals surface area (Å²) >= 11 is 0. The Balaban J connectivity index is 1.15. The summed E-state index contributed by atoms with van der Waals surface area (Å²) in [6, 6.07) is 6.94. The van der Waals surface area contributed by atoms with Crippen molar-refractivity contribution in [3.05, 3.63) is 29.8 Å². The minimum atomic E-state index is -3.50. The number of hydrogen-bond acceptors (Lipinski definition) is 3. The second-order valence-electron chi connectivity index (χ2n) is 10.3. The molecular weight excluding hydrogens is 398 g/mol. The number of aryl methyl sites for hydroxylation is 1. The minimum absolute atomic E-state index is 0.0295. The van der Waals surface area contributed by atoms with Gasteiger partial charge >= 0.3 is 6.03 Å². The van der Waals surface area contributed by atoms with E-state index in [2.05, 4.69) is 5.32 Å². The number of nitrogens with one attached hydrogen (secondary N) is 1. The highest BCUT2D eigenvalue weighted by atomic mass is 32.2. The molecule has 0 aromatic heterocycles. The lowest BCUT2D eigenvalue weighted by Gasteiger charge is -2.57. The van der Waals surface area contributed by atoms with E-state index in [1.807, 2.05) is 19.1 Å². The van der Waals surface area contributed by atoms with E-state index in [1.54, 1.807) is 17.0 Å². The van der Waals surface area contributed by atoms with Crippen LogP contribution in [0.25, 0.3) is 0 Å². The second-order valence-corrected chi connectivity index (χ2v) is 12.2. The van der Waals surface area contributed by atoms with Gasteiger partial charge in [0.2, 0.25) is 10.0 Å². The summed E-state index contributed by atoms with van der Waals surface area (Å²) < 4.78 is 27.2. The van der Waals surface area contributed by atoms with Crippen molar-refractivity contribution in [1.29, 1.82) is 0 Å². The zero-order valence-corrected chi connectivity index (χ0v) is 18.7. The molecule has 5 fully saturated rings. The number of urea groups is 1. The molecule has 0 unspecified atom stereocenters. The van der Waals surface area contributed by atoms with Crippen LogP contribution in [0.15, 0.2) is 29.2 Å². The third kappa shape index (κ3) is 3.75. The smallest absolute Gasteiger partial charge is 0.317 e. The topological polar surface area (TPSA) is 69.7 Å². The molecule has 5 aliphatic rings. The highest BCUT2D eigenvalue weighted by Gasteiger charge is 2.50. The summed E-state index contributed by atoms with van der Waals surface area (Å²) in [7, 11) is -3.50. The average molecular weight is 432 g/mol. The lowest BCUT2D eigenvalue weighted by Crippen LogP contribution is -2.56. The normalized spacial score (nSPS) is 33.6. The second kappa shape index (κ2) is 7.52. The summed E-state index contributed by atoms with van der Waals surface area (Å²) in [5, 5.41) is 3.22. The maximum absolute atomic E-state index is 12.9. The van der Waals surface area contributed by atoms with Crippen molar-refractivity contribution in [2.24, 2.45) is 23.2 Å². The van der Waals surface area contributed by atoms with Crippen LogP contribution in [0.2, 0.25) is 0 Å². The van der Waals surface area contributed by atoms with E-state index in [0.717, 1.165) is 29.9 Å². The molecule has 1 saturated heterocycles. The first-order valence-corrected chi connectivity index (χ1v) is 12.9. The van der Waals surface area contributed by atoms with Crippen LogP contribution in [0.3, 0.4) is 0 Å². The summed E-state index contributed by atoms with van der Waals surface area (Å²) in [5.74, 6) is 2.64. The molecule has 1 aromatic carbocycles. The van der Waals surface area contributed by atoms with Gasteiger partial charge in [-0.1, -0.05) is 17.7 Å². The molecule has 6 nitrogen and oxygen atoms in total. The molecule has 1 aliphatic heterocycles. The van der Waals surface area contributed by atoms with Gasteiger partial charge in [-0.15, -0.1) is 0 Å². The Bertz CT molecular complexity index is 869. The fourth-order valence-corrected chi connectivity index (χ4v) is 8.29. The Morgan fingerprint density at radius 1 is 0.967 bits per heavy atom. The lowest BCUT2D eigenvalue weighted by atomic mass is 9.49. The zero-order valence-electron chi connectivity index (χ0n) is 17.8. The minimum Gasteiger partial charge on any atom is -0.337 e. The standard InChI is InChI=1S/C23H33N3O3S/c1-17-2-4-21(5-3-17)30(28,29)26-8-6-25(7-9-26)22(27)24-16-23-13-18-10-19(14-23)12-20(11-18)15-23/h2-5,18-20H,6-16H2,1H3,(H,24,27). The van der Waals surface area contributed by atoms with Crippen LogP contribution in [-0.4, -0.2) is 56.4 Å². The van der Waals surface area contributed by atoms with Gasteiger partial charge in [0, 0.05) is 32.7 Å². The van der Waals surface area contributed by atoms with Crippen molar-refractivity contribution >= 4 is 16.1 Å². The fourth-order valence-electron chi connectivity index (χ4n) is 6.87. The molecule has 1 heterocycles. The first-order valence-electron chi connectivity index (χ1n) is 11.4. The van der Waals surface area contributed by atoms with Gasteiger partial charge in [0.15, 0.2) is 0 Å². The molecule has 30 heavy (non-hydrogen) atoms. The van der Waals surface area contributed by atoms with Crippen molar-refractivity contribution in [1.82, 2.24) is 14.5 Å². The van der Waals surface area contributed by atoms with E-state index in [-0.39, 0.29) is 6.03 Å². The van der Waals surface area contributed by atoms with Crippen LogP contribution in [-0.2, 0) is 10.0 Å². The van der Waals surface area contributed by atoms with Crippen molar-refractivity contribution in [3.63, 3.8) is 0 Å². The lowest BCUT2D eigenvalue weighted by molar-refractivity contribution is -0.0503. The van der Waals surface area contributed by atoms with Crippen LogP contribution >= 0.6 is 0 Å². The van der Waals surface area contributed by atoms with E-state index in [9.17, 15) is 13.2 Å². The molecule has 6 rings (SSSR count). The fraction of sp³-hybridized carbons (Fsp3) is 0.696. The summed E-state index contributed by atoms with van der Waals surface area (Å²) in [6.07, 6.45) is 8.06. The molecule has 4 saturated carbocycles. The summed E-state index contributed by atoms with van der Waals surface area (Å²) in [5.41, 5.74) is 1.36. The Morgan fingerprint density at radius 3 is 2.03 bits per heavy atom. The number of benzene rings is 1. The van der Waals surface area contributed by atoms with Crippen LogP contribution in [0.5, 0.6) is 0 Å². The Morgan fingerprint density at radius 2 is 1.50 bits per heavy atom. The number of rotatable bonds is 4. The van der Waals surface area contributed by atoms with Crippen molar-refractivity contribution < 1.29 is 13.2 Å². The molecule has 1 N–H and O–H groups in total.